The third-order valence-corrected chi connectivity index (χ3v) is 3.58. The van der Waals surface area contributed by atoms with Crippen molar-refractivity contribution in [1.29, 1.82) is 0 Å². The van der Waals surface area contributed by atoms with E-state index in [1.54, 1.807) is 6.07 Å². The first-order valence-electron chi connectivity index (χ1n) is 6.66. The molecule has 4 heteroatoms. The SMILES string of the molecule is O=C(O)c1ccc(-c2cccc3ccccc23)c(C(=O)O)c1. The molecule has 0 amide bonds. The second-order valence-electron chi connectivity index (χ2n) is 4.90. The van der Waals surface area contributed by atoms with Crippen LogP contribution in [0.1, 0.15) is 20.7 Å². The maximum Gasteiger partial charge on any atom is 0.336 e. The average Bonchev–Trinajstić information content (AvgIpc) is 2.53. The molecule has 0 bridgehead atoms. The zero-order valence-corrected chi connectivity index (χ0v) is 11.5. The number of rotatable bonds is 3. The predicted molar refractivity (Wildman–Crippen MR) is 83.3 cm³/mol. The fourth-order valence-electron chi connectivity index (χ4n) is 2.55. The summed E-state index contributed by atoms with van der Waals surface area (Å²) in [6.07, 6.45) is 0. The van der Waals surface area contributed by atoms with Crippen LogP contribution < -0.4 is 0 Å². The summed E-state index contributed by atoms with van der Waals surface area (Å²) in [4.78, 5) is 22.6. The molecule has 0 aromatic heterocycles. The number of hydrogen-bond donors (Lipinski definition) is 2. The van der Waals surface area contributed by atoms with E-state index >= 15 is 0 Å². The monoisotopic (exact) mass is 292 g/mol. The lowest BCUT2D eigenvalue weighted by Crippen LogP contribution is -2.04. The molecule has 0 heterocycles. The molecule has 0 fully saturated rings. The number of carboxylic acids is 2. The van der Waals surface area contributed by atoms with Gasteiger partial charge in [-0.1, -0.05) is 48.5 Å². The molecule has 0 aliphatic heterocycles. The zero-order valence-electron chi connectivity index (χ0n) is 11.5. The molecule has 0 unspecified atom stereocenters. The molecule has 22 heavy (non-hydrogen) atoms. The van der Waals surface area contributed by atoms with Gasteiger partial charge in [-0.25, -0.2) is 9.59 Å². The smallest absolute Gasteiger partial charge is 0.336 e. The first kappa shape index (κ1) is 13.8. The van der Waals surface area contributed by atoms with Gasteiger partial charge in [0.05, 0.1) is 11.1 Å². The molecule has 3 rings (SSSR count). The second kappa shape index (κ2) is 5.33. The Morgan fingerprint density at radius 3 is 2.18 bits per heavy atom. The van der Waals surface area contributed by atoms with E-state index in [-0.39, 0.29) is 11.1 Å². The third kappa shape index (κ3) is 2.31. The minimum absolute atomic E-state index is 0.0174. The normalized spacial score (nSPS) is 10.5. The van der Waals surface area contributed by atoms with Crippen LogP contribution in [0, 0.1) is 0 Å². The van der Waals surface area contributed by atoms with Crippen LogP contribution in [0.5, 0.6) is 0 Å². The fraction of sp³-hybridized carbons (Fsp3) is 0. The first-order valence-corrected chi connectivity index (χ1v) is 6.66. The summed E-state index contributed by atoms with van der Waals surface area (Å²) in [6, 6.07) is 17.5. The summed E-state index contributed by atoms with van der Waals surface area (Å²) in [6.45, 7) is 0. The van der Waals surface area contributed by atoms with Gasteiger partial charge >= 0.3 is 11.9 Å². The molecule has 0 atom stereocenters. The van der Waals surface area contributed by atoms with E-state index in [1.807, 2.05) is 42.5 Å². The Labute approximate surface area is 126 Å². The largest absolute Gasteiger partial charge is 0.478 e. The van der Waals surface area contributed by atoms with E-state index in [4.69, 9.17) is 5.11 Å². The summed E-state index contributed by atoms with van der Waals surface area (Å²) >= 11 is 0. The van der Waals surface area contributed by atoms with Crippen molar-refractivity contribution in [2.75, 3.05) is 0 Å². The standard InChI is InChI=1S/C18H12O4/c19-17(20)12-8-9-15(16(10-12)18(21)22)14-7-3-5-11-4-1-2-6-13(11)14/h1-10H,(H,19,20)(H,21,22). The quantitative estimate of drug-likeness (QED) is 0.767. The minimum atomic E-state index is -1.15. The van der Waals surface area contributed by atoms with Crippen LogP contribution in [0.3, 0.4) is 0 Å². The van der Waals surface area contributed by atoms with Crippen molar-refractivity contribution in [3.63, 3.8) is 0 Å². The van der Waals surface area contributed by atoms with Crippen LogP contribution in [0.15, 0.2) is 60.7 Å². The van der Waals surface area contributed by atoms with Gasteiger partial charge in [-0.05, 0) is 34.0 Å². The van der Waals surface area contributed by atoms with Crippen LogP contribution in [0.2, 0.25) is 0 Å². The van der Waals surface area contributed by atoms with Gasteiger partial charge in [-0.3, -0.25) is 0 Å². The molecule has 0 aliphatic carbocycles. The number of benzene rings is 3. The van der Waals surface area contributed by atoms with Crippen LogP contribution in [0.25, 0.3) is 21.9 Å². The molecule has 108 valence electrons. The molecule has 0 spiro atoms. The van der Waals surface area contributed by atoms with Crippen molar-refractivity contribution in [1.82, 2.24) is 0 Å². The highest BCUT2D eigenvalue weighted by molar-refractivity contribution is 6.05. The van der Waals surface area contributed by atoms with Crippen molar-refractivity contribution in [2.24, 2.45) is 0 Å². The highest BCUT2D eigenvalue weighted by Crippen LogP contribution is 2.31. The van der Waals surface area contributed by atoms with Crippen molar-refractivity contribution >= 4 is 22.7 Å². The van der Waals surface area contributed by atoms with Crippen LogP contribution in [-0.2, 0) is 0 Å². The summed E-state index contributed by atoms with van der Waals surface area (Å²) < 4.78 is 0. The maximum absolute atomic E-state index is 11.5. The Balaban J connectivity index is 2.31. The fourth-order valence-corrected chi connectivity index (χ4v) is 2.55. The van der Waals surface area contributed by atoms with Crippen molar-refractivity contribution < 1.29 is 19.8 Å². The summed E-state index contributed by atoms with van der Waals surface area (Å²) in [5, 5.41) is 20.4. The Hall–Kier alpha value is -3.14. The van der Waals surface area contributed by atoms with Gasteiger partial charge in [0.1, 0.15) is 0 Å². The molecule has 0 saturated carbocycles. The van der Waals surface area contributed by atoms with Gasteiger partial charge in [0, 0.05) is 0 Å². The number of hydrogen-bond acceptors (Lipinski definition) is 2. The molecule has 4 nitrogen and oxygen atoms in total. The molecule has 3 aromatic rings. The van der Waals surface area contributed by atoms with E-state index in [0.717, 1.165) is 16.3 Å². The Morgan fingerprint density at radius 2 is 1.45 bits per heavy atom. The molecule has 3 aromatic carbocycles. The predicted octanol–water partition coefficient (Wildman–Crippen LogP) is 3.90. The number of aromatic carboxylic acids is 2. The number of carboxylic acid groups (broad SMARTS) is 2. The summed E-state index contributed by atoms with van der Waals surface area (Å²) in [7, 11) is 0. The first-order chi connectivity index (χ1) is 10.6. The highest BCUT2D eigenvalue weighted by Gasteiger charge is 2.16. The topological polar surface area (TPSA) is 74.6 Å². The van der Waals surface area contributed by atoms with Crippen molar-refractivity contribution in [3.8, 4) is 11.1 Å². The molecule has 0 aliphatic rings. The second-order valence-corrected chi connectivity index (χ2v) is 4.90. The van der Waals surface area contributed by atoms with Gasteiger partial charge in [0.2, 0.25) is 0 Å². The van der Waals surface area contributed by atoms with Crippen molar-refractivity contribution in [2.45, 2.75) is 0 Å². The van der Waals surface area contributed by atoms with Crippen LogP contribution in [-0.4, -0.2) is 22.2 Å². The van der Waals surface area contributed by atoms with Gasteiger partial charge in [-0.2, -0.15) is 0 Å². The average molecular weight is 292 g/mol. The maximum atomic E-state index is 11.5. The zero-order chi connectivity index (χ0) is 15.7. The molecule has 2 N–H and O–H groups in total. The lowest BCUT2D eigenvalue weighted by atomic mass is 9.93. The van der Waals surface area contributed by atoms with Gasteiger partial charge in [-0.15, -0.1) is 0 Å². The van der Waals surface area contributed by atoms with Crippen LogP contribution in [0.4, 0.5) is 0 Å². The number of fused-ring (bicyclic) bond motifs is 1. The lowest BCUT2D eigenvalue weighted by molar-refractivity contribution is 0.0696. The minimum Gasteiger partial charge on any atom is -0.478 e. The van der Waals surface area contributed by atoms with E-state index in [9.17, 15) is 14.7 Å². The third-order valence-electron chi connectivity index (χ3n) is 3.58. The Bertz CT molecular complexity index is 891. The number of carbonyl (C=O) groups is 2. The Kier molecular flexibility index (Phi) is 3.35. The van der Waals surface area contributed by atoms with Gasteiger partial charge in [0.25, 0.3) is 0 Å². The van der Waals surface area contributed by atoms with E-state index in [2.05, 4.69) is 0 Å². The molecule has 0 radical (unpaired) electrons. The highest BCUT2D eigenvalue weighted by atomic mass is 16.4. The van der Waals surface area contributed by atoms with E-state index < -0.39 is 11.9 Å². The van der Waals surface area contributed by atoms with Crippen molar-refractivity contribution in [3.05, 3.63) is 71.8 Å². The van der Waals surface area contributed by atoms with Crippen LogP contribution >= 0.6 is 0 Å². The molecular weight excluding hydrogens is 280 g/mol. The van der Waals surface area contributed by atoms with Gasteiger partial charge in [0.15, 0.2) is 0 Å². The molecular formula is C18H12O4. The van der Waals surface area contributed by atoms with E-state index in [1.165, 1.54) is 12.1 Å². The molecule has 0 saturated heterocycles. The van der Waals surface area contributed by atoms with E-state index in [0.29, 0.717) is 5.56 Å². The summed E-state index contributed by atoms with van der Waals surface area (Å²) in [5.41, 5.74) is 1.22. The Morgan fingerprint density at radius 1 is 0.727 bits per heavy atom. The lowest BCUT2D eigenvalue weighted by Gasteiger charge is -2.10. The van der Waals surface area contributed by atoms with Gasteiger partial charge < -0.3 is 10.2 Å². The summed E-state index contributed by atoms with van der Waals surface area (Å²) in [5.74, 6) is -2.29.